The summed E-state index contributed by atoms with van der Waals surface area (Å²) in [6.45, 7) is 9.65. The molecule has 0 aliphatic carbocycles. The van der Waals surface area contributed by atoms with Gasteiger partial charge in [-0.15, -0.1) is 13.2 Å². The molecule has 0 radical (unpaired) electrons. The van der Waals surface area contributed by atoms with E-state index in [0.717, 1.165) is 0 Å². The number of nitrogens with zero attached hydrogens (tertiary/aromatic N) is 2. The van der Waals surface area contributed by atoms with Crippen molar-refractivity contribution >= 4 is 27.9 Å². The summed E-state index contributed by atoms with van der Waals surface area (Å²) in [6, 6.07) is 5.56. The molecule has 1 aliphatic rings. The molecule has 180 valence electrons. The van der Waals surface area contributed by atoms with E-state index in [1.54, 1.807) is 19.1 Å². The van der Waals surface area contributed by atoms with Gasteiger partial charge in [-0.1, -0.05) is 12.2 Å². The van der Waals surface area contributed by atoms with Crippen molar-refractivity contribution in [2.75, 3.05) is 39.4 Å². The zero-order chi connectivity index (χ0) is 24.4. The molecule has 9 nitrogen and oxygen atoms in total. The third kappa shape index (κ3) is 7.00. The van der Waals surface area contributed by atoms with Crippen LogP contribution in [0.2, 0.25) is 0 Å². The number of amides is 1. The number of hydrogen-bond acceptors (Lipinski definition) is 7. The summed E-state index contributed by atoms with van der Waals surface area (Å²) in [4.78, 5) is 37.8. The van der Waals surface area contributed by atoms with Gasteiger partial charge in [0, 0.05) is 26.2 Å². The van der Waals surface area contributed by atoms with Crippen LogP contribution in [0, 0.1) is 5.92 Å². The molecule has 10 heteroatoms. The number of carbonyl (C=O) groups excluding carboxylic acids is 3. The van der Waals surface area contributed by atoms with Crippen molar-refractivity contribution in [3.8, 4) is 0 Å². The van der Waals surface area contributed by atoms with E-state index in [0.29, 0.717) is 13.1 Å². The summed E-state index contributed by atoms with van der Waals surface area (Å²) < 4.78 is 37.2. The minimum absolute atomic E-state index is 0.0618. The minimum Gasteiger partial charge on any atom is -0.462 e. The molecule has 1 aliphatic heterocycles. The largest absolute Gasteiger partial charge is 0.462 e. The van der Waals surface area contributed by atoms with Gasteiger partial charge in [-0.05, 0) is 44.0 Å². The highest BCUT2D eigenvalue weighted by Gasteiger charge is 2.33. The second kappa shape index (κ2) is 12.3. The summed E-state index contributed by atoms with van der Waals surface area (Å²) in [5.74, 6) is -1.87. The van der Waals surface area contributed by atoms with Crippen molar-refractivity contribution in [3.63, 3.8) is 0 Å². The quantitative estimate of drug-likeness (QED) is 0.353. The smallest absolute Gasteiger partial charge is 0.338 e. The molecule has 1 fully saturated rings. The third-order valence-electron chi connectivity index (χ3n) is 5.18. The summed E-state index contributed by atoms with van der Waals surface area (Å²) in [7, 11) is -3.77. The maximum atomic E-state index is 12.9. The molecule has 33 heavy (non-hydrogen) atoms. The van der Waals surface area contributed by atoms with Crippen LogP contribution in [0.25, 0.3) is 0 Å². The van der Waals surface area contributed by atoms with Crippen LogP contribution in [0.15, 0.2) is 54.5 Å². The van der Waals surface area contributed by atoms with E-state index in [1.807, 2.05) is 0 Å². The van der Waals surface area contributed by atoms with Gasteiger partial charge in [0.25, 0.3) is 5.91 Å². The minimum atomic E-state index is -3.77. The fourth-order valence-corrected chi connectivity index (χ4v) is 4.86. The number of esters is 2. The lowest BCUT2D eigenvalue weighted by Gasteiger charge is -2.30. The van der Waals surface area contributed by atoms with Crippen LogP contribution >= 0.6 is 0 Å². The van der Waals surface area contributed by atoms with Crippen LogP contribution in [-0.2, 0) is 29.1 Å². The van der Waals surface area contributed by atoms with Crippen LogP contribution in [-0.4, -0.2) is 74.9 Å². The van der Waals surface area contributed by atoms with Crippen molar-refractivity contribution in [1.82, 2.24) is 9.21 Å². The van der Waals surface area contributed by atoms with E-state index in [9.17, 15) is 22.8 Å². The number of rotatable bonds is 11. The van der Waals surface area contributed by atoms with Crippen LogP contribution in [0.4, 0.5) is 0 Å². The van der Waals surface area contributed by atoms with Crippen molar-refractivity contribution in [3.05, 3.63) is 55.1 Å². The van der Waals surface area contributed by atoms with Crippen LogP contribution in [0.3, 0.4) is 0 Å². The first kappa shape index (κ1) is 26.3. The van der Waals surface area contributed by atoms with Crippen molar-refractivity contribution in [2.24, 2.45) is 5.92 Å². The Bertz CT molecular complexity index is 955. The van der Waals surface area contributed by atoms with Crippen molar-refractivity contribution in [2.45, 2.75) is 24.7 Å². The predicted molar refractivity (Wildman–Crippen MR) is 122 cm³/mol. The Hall–Kier alpha value is -2.98. The first-order valence-electron chi connectivity index (χ1n) is 10.7. The van der Waals surface area contributed by atoms with E-state index >= 15 is 0 Å². The number of carbonyl (C=O) groups is 3. The Balaban J connectivity index is 1.90. The van der Waals surface area contributed by atoms with Crippen LogP contribution in [0.5, 0.6) is 0 Å². The van der Waals surface area contributed by atoms with Gasteiger partial charge in [-0.25, -0.2) is 13.2 Å². The Labute approximate surface area is 194 Å². The molecule has 2 rings (SSSR count). The monoisotopic (exact) mass is 478 g/mol. The highest BCUT2D eigenvalue weighted by atomic mass is 32.2. The predicted octanol–water partition coefficient (Wildman–Crippen LogP) is 2.01. The number of piperidine rings is 1. The standard InChI is InChI=1S/C23H30N2O7S/c1-4-13-24(14-5-2)21(26)17-32-23(28)19-11-15-25(16-12-19)33(29,30)20-9-7-18(8-10-20)22(27)31-6-3/h4-5,7-10,19H,1-2,6,11-17H2,3H3. The molecule has 0 spiro atoms. The molecule has 1 aromatic carbocycles. The van der Waals surface area contributed by atoms with Gasteiger partial charge >= 0.3 is 11.9 Å². The normalized spacial score (nSPS) is 14.8. The highest BCUT2D eigenvalue weighted by Crippen LogP contribution is 2.25. The molecule has 1 heterocycles. The second-order valence-corrected chi connectivity index (χ2v) is 9.34. The number of hydrogen-bond donors (Lipinski definition) is 0. The Kier molecular flexibility index (Phi) is 9.80. The molecular formula is C23H30N2O7S. The van der Waals surface area contributed by atoms with Crippen LogP contribution < -0.4 is 0 Å². The Morgan fingerprint density at radius 2 is 1.64 bits per heavy atom. The van der Waals surface area contributed by atoms with E-state index in [4.69, 9.17) is 9.47 Å². The SMILES string of the molecule is C=CCN(CC=C)C(=O)COC(=O)C1CCN(S(=O)(=O)c2ccc(C(=O)OCC)cc2)CC1. The number of benzene rings is 1. The molecule has 0 atom stereocenters. The van der Waals surface area contributed by atoms with Crippen molar-refractivity contribution in [1.29, 1.82) is 0 Å². The summed E-state index contributed by atoms with van der Waals surface area (Å²) >= 11 is 0. The van der Waals surface area contributed by atoms with Crippen molar-refractivity contribution < 1.29 is 32.3 Å². The Morgan fingerprint density at radius 3 is 2.15 bits per heavy atom. The molecular weight excluding hydrogens is 448 g/mol. The molecule has 0 bridgehead atoms. The van der Waals surface area contributed by atoms with E-state index in [1.165, 1.54) is 33.5 Å². The lowest BCUT2D eigenvalue weighted by atomic mass is 9.98. The first-order chi connectivity index (χ1) is 15.7. The molecule has 0 N–H and O–H groups in total. The van der Waals surface area contributed by atoms with E-state index in [-0.39, 0.29) is 55.5 Å². The lowest BCUT2D eigenvalue weighted by molar-refractivity contribution is -0.156. The number of sulfonamides is 1. The van der Waals surface area contributed by atoms with Gasteiger partial charge in [0.05, 0.1) is 23.0 Å². The van der Waals surface area contributed by atoms with Gasteiger partial charge < -0.3 is 14.4 Å². The highest BCUT2D eigenvalue weighted by molar-refractivity contribution is 7.89. The summed E-state index contributed by atoms with van der Waals surface area (Å²) in [6.07, 6.45) is 3.72. The fourth-order valence-electron chi connectivity index (χ4n) is 3.39. The van der Waals surface area contributed by atoms with Gasteiger partial charge in [0.1, 0.15) is 0 Å². The number of ether oxygens (including phenoxy) is 2. The molecule has 0 aromatic heterocycles. The van der Waals surface area contributed by atoms with Crippen LogP contribution in [0.1, 0.15) is 30.1 Å². The lowest BCUT2D eigenvalue weighted by Crippen LogP contribution is -2.41. The zero-order valence-corrected chi connectivity index (χ0v) is 19.6. The van der Waals surface area contributed by atoms with Gasteiger partial charge in [0.2, 0.25) is 10.0 Å². The molecule has 1 saturated heterocycles. The zero-order valence-electron chi connectivity index (χ0n) is 18.8. The Morgan fingerprint density at radius 1 is 1.06 bits per heavy atom. The van der Waals surface area contributed by atoms with E-state index < -0.39 is 27.9 Å². The average molecular weight is 479 g/mol. The van der Waals surface area contributed by atoms with Gasteiger partial charge in [-0.2, -0.15) is 4.31 Å². The van der Waals surface area contributed by atoms with Gasteiger partial charge in [-0.3, -0.25) is 9.59 Å². The summed E-state index contributed by atoms with van der Waals surface area (Å²) in [5, 5.41) is 0. The maximum absolute atomic E-state index is 12.9. The molecule has 1 aromatic rings. The van der Waals surface area contributed by atoms with Gasteiger partial charge in [0.15, 0.2) is 6.61 Å². The molecule has 0 unspecified atom stereocenters. The van der Waals surface area contributed by atoms with E-state index in [2.05, 4.69) is 13.2 Å². The third-order valence-corrected chi connectivity index (χ3v) is 7.09. The molecule has 0 saturated carbocycles. The second-order valence-electron chi connectivity index (χ2n) is 7.41. The maximum Gasteiger partial charge on any atom is 0.338 e. The fraction of sp³-hybridized carbons (Fsp3) is 0.435. The summed E-state index contributed by atoms with van der Waals surface area (Å²) in [5.41, 5.74) is 0.270. The average Bonchev–Trinajstić information content (AvgIpc) is 2.82. The molecule has 1 amide bonds. The topological polar surface area (TPSA) is 110 Å². The first-order valence-corrected chi connectivity index (χ1v) is 12.1.